The molecule has 0 saturated carbocycles. The van der Waals surface area contributed by atoms with E-state index in [1.54, 1.807) is 44.3 Å². The highest BCUT2D eigenvalue weighted by Gasteiger charge is 2.49. The summed E-state index contributed by atoms with van der Waals surface area (Å²) in [5, 5.41) is 6.00. The van der Waals surface area contributed by atoms with Gasteiger partial charge in [-0.05, 0) is 33.4 Å². The lowest BCUT2D eigenvalue weighted by Crippen LogP contribution is -2.51. The quantitative estimate of drug-likeness (QED) is 0.579. The van der Waals surface area contributed by atoms with Gasteiger partial charge in [0, 0.05) is 6.04 Å². The van der Waals surface area contributed by atoms with Crippen LogP contribution >= 0.6 is 0 Å². The van der Waals surface area contributed by atoms with Gasteiger partial charge in [0.1, 0.15) is 5.54 Å². The maximum Gasteiger partial charge on any atom is 0.344 e. The van der Waals surface area contributed by atoms with Gasteiger partial charge in [-0.3, -0.25) is 24.7 Å². The zero-order chi connectivity index (χ0) is 20.2. The highest BCUT2D eigenvalue weighted by atomic mass is 16.2. The molecule has 27 heavy (non-hydrogen) atoms. The molecule has 1 heterocycles. The van der Waals surface area contributed by atoms with E-state index >= 15 is 0 Å². The molecular weight excluding hydrogens is 350 g/mol. The Morgan fingerprint density at radius 1 is 1.15 bits per heavy atom. The third-order valence-corrected chi connectivity index (χ3v) is 4.06. The van der Waals surface area contributed by atoms with Gasteiger partial charge in [-0.25, -0.2) is 4.79 Å². The smallest absolute Gasteiger partial charge is 0.344 e. The summed E-state index contributed by atoms with van der Waals surface area (Å²) in [5.74, 6) is -1.37. The van der Waals surface area contributed by atoms with Crippen LogP contribution in [0.5, 0.6) is 0 Å². The molecule has 3 N–H and O–H groups in total. The molecule has 1 fully saturated rings. The molecule has 146 valence electrons. The number of likely N-dealkylation sites (N-methyl/N-ethyl adjacent to an activating group) is 1. The minimum Gasteiger partial charge on any atom is -0.353 e. The van der Waals surface area contributed by atoms with E-state index in [1.165, 1.54) is 4.90 Å². The Balaban J connectivity index is 1.97. The number of amides is 5. The summed E-state index contributed by atoms with van der Waals surface area (Å²) in [5.41, 5.74) is 1.67. The maximum atomic E-state index is 12.7. The number of nitrogens with one attached hydrogen (secondary N) is 3. The molecule has 1 saturated heterocycles. The summed E-state index contributed by atoms with van der Waals surface area (Å²) in [7, 11) is 1.60. The molecule has 1 aliphatic rings. The lowest BCUT2D eigenvalue weighted by atomic mass is 9.92. The molecule has 0 bridgehead atoms. The molecule has 0 radical (unpaired) electrons. The fourth-order valence-corrected chi connectivity index (χ4v) is 2.78. The summed E-state index contributed by atoms with van der Waals surface area (Å²) in [6.07, 6.45) is 0. The van der Waals surface area contributed by atoms with Gasteiger partial charge >= 0.3 is 6.03 Å². The molecule has 2 rings (SSSR count). The minimum absolute atomic E-state index is 0.00121. The number of rotatable bonds is 7. The van der Waals surface area contributed by atoms with Crippen LogP contribution in [-0.4, -0.2) is 59.8 Å². The predicted octanol–water partition coefficient (Wildman–Crippen LogP) is -0.0588. The third kappa shape index (κ3) is 4.82. The molecule has 0 aromatic heterocycles. The highest BCUT2D eigenvalue weighted by molar-refractivity contribution is 6.08. The number of urea groups is 1. The van der Waals surface area contributed by atoms with Gasteiger partial charge in [-0.2, -0.15) is 5.01 Å². The van der Waals surface area contributed by atoms with Crippen LogP contribution in [0, 0.1) is 0 Å². The molecule has 0 spiro atoms. The minimum atomic E-state index is -1.26. The number of benzene rings is 1. The van der Waals surface area contributed by atoms with Crippen LogP contribution in [0.1, 0.15) is 26.3 Å². The van der Waals surface area contributed by atoms with Crippen molar-refractivity contribution in [3.63, 3.8) is 0 Å². The Hall–Kier alpha value is -2.94. The molecule has 5 amide bonds. The average molecular weight is 375 g/mol. The molecule has 1 aromatic rings. The van der Waals surface area contributed by atoms with Crippen molar-refractivity contribution in [2.45, 2.75) is 32.4 Å². The first-order chi connectivity index (χ1) is 12.6. The average Bonchev–Trinajstić information content (AvgIpc) is 2.79. The van der Waals surface area contributed by atoms with Gasteiger partial charge in [0.2, 0.25) is 5.91 Å². The third-order valence-electron chi connectivity index (χ3n) is 4.06. The highest BCUT2D eigenvalue weighted by Crippen LogP contribution is 2.27. The summed E-state index contributed by atoms with van der Waals surface area (Å²) in [6, 6.07) is 8.08. The first-order valence-electron chi connectivity index (χ1n) is 8.63. The van der Waals surface area contributed by atoms with Crippen molar-refractivity contribution in [3.05, 3.63) is 35.9 Å². The summed E-state index contributed by atoms with van der Waals surface area (Å²) < 4.78 is 0. The number of nitrogens with zero attached hydrogens (tertiary/aromatic N) is 2. The topological polar surface area (TPSA) is 111 Å². The van der Waals surface area contributed by atoms with E-state index in [9.17, 15) is 19.2 Å². The van der Waals surface area contributed by atoms with E-state index < -0.39 is 23.4 Å². The Morgan fingerprint density at radius 2 is 1.74 bits per heavy atom. The van der Waals surface area contributed by atoms with E-state index in [4.69, 9.17) is 0 Å². The number of hydrogen-bond donors (Lipinski definition) is 3. The predicted molar refractivity (Wildman–Crippen MR) is 98.1 cm³/mol. The van der Waals surface area contributed by atoms with Crippen LogP contribution in [0.2, 0.25) is 0 Å². The van der Waals surface area contributed by atoms with Crippen LogP contribution in [0.3, 0.4) is 0 Å². The molecule has 9 nitrogen and oxygen atoms in total. The van der Waals surface area contributed by atoms with E-state index in [-0.39, 0.29) is 25.0 Å². The fourth-order valence-electron chi connectivity index (χ4n) is 2.78. The standard InChI is InChI=1S/C18H25N5O4/c1-12(2)19-14(24)10-22(4)11-15(25)21-23-16(26)18(3,20-17(23)27)13-8-6-5-7-9-13/h5-9,12H,10-11H2,1-4H3,(H,19,24)(H,20,27)(H,21,25). The summed E-state index contributed by atoms with van der Waals surface area (Å²) in [4.78, 5) is 50.3. The van der Waals surface area contributed by atoms with Crippen LogP contribution in [0.25, 0.3) is 0 Å². The molecule has 9 heteroatoms. The van der Waals surface area contributed by atoms with Crippen LogP contribution in [0.15, 0.2) is 30.3 Å². The van der Waals surface area contributed by atoms with Gasteiger partial charge < -0.3 is 10.6 Å². The van der Waals surface area contributed by atoms with Crippen LogP contribution in [-0.2, 0) is 19.9 Å². The van der Waals surface area contributed by atoms with Gasteiger partial charge in [0.15, 0.2) is 0 Å². The largest absolute Gasteiger partial charge is 0.353 e. The van der Waals surface area contributed by atoms with Gasteiger partial charge in [-0.15, -0.1) is 0 Å². The van der Waals surface area contributed by atoms with Crippen LogP contribution in [0.4, 0.5) is 4.79 Å². The van der Waals surface area contributed by atoms with Gasteiger partial charge in [-0.1, -0.05) is 30.3 Å². The number of hydrazine groups is 1. The molecule has 1 unspecified atom stereocenters. The number of carbonyl (C=O) groups excluding carboxylic acids is 4. The number of hydrogen-bond acceptors (Lipinski definition) is 5. The van der Waals surface area contributed by atoms with Crippen molar-refractivity contribution in [2.75, 3.05) is 20.1 Å². The number of imide groups is 1. The Labute approximate surface area is 158 Å². The zero-order valence-electron chi connectivity index (χ0n) is 15.9. The van der Waals surface area contributed by atoms with E-state index in [0.29, 0.717) is 10.6 Å². The second-order valence-corrected chi connectivity index (χ2v) is 6.99. The van der Waals surface area contributed by atoms with E-state index in [1.807, 2.05) is 13.8 Å². The molecule has 1 atom stereocenters. The Bertz CT molecular complexity index is 737. The van der Waals surface area contributed by atoms with Crippen molar-refractivity contribution in [2.24, 2.45) is 0 Å². The second kappa shape index (κ2) is 8.17. The lowest BCUT2D eigenvalue weighted by Gasteiger charge is -2.22. The van der Waals surface area contributed by atoms with E-state index in [0.717, 1.165) is 0 Å². The SMILES string of the molecule is CC(C)NC(=O)CN(C)CC(=O)NN1C(=O)NC(C)(c2ccccc2)C1=O. The molecule has 0 aliphatic carbocycles. The van der Waals surface area contributed by atoms with Gasteiger partial charge in [0.25, 0.3) is 11.8 Å². The van der Waals surface area contributed by atoms with Gasteiger partial charge in [0.05, 0.1) is 13.1 Å². The lowest BCUT2D eigenvalue weighted by molar-refractivity contribution is -0.139. The van der Waals surface area contributed by atoms with Crippen molar-refractivity contribution < 1.29 is 19.2 Å². The Morgan fingerprint density at radius 3 is 2.33 bits per heavy atom. The normalized spacial score (nSPS) is 19.4. The first kappa shape index (κ1) is 20.4. The number of carbonyl (C=O) groups is 4. The van der Waals surface area contributed by atoms with Crippen molar-refractivity contribution in [1.82, 2.24) is 26.0 Å². The van der Waals surface area contributed by atoms with Crippen molar-refractivity contribution in [3.8, 4) is 0 Å². The zero-order valence-corrected chi connectivity index (χ0v) is 15.9. The molecule has 1 aliphatic heterocycles. The monoisotopic (exact) mass is 375 g/mol. The molecule has 1 aromatic carbocycles. The van der Waals surface area contributed by atoms with Crippen LogP contribution < -0.4 is 16.1 Å². The second-order valence-electron chi connectivity index (χ2n) is 6.99. The Kier molecular flexibility index (Phi) is 6.17. The maximum absolute atomic E-state index is 12.7. The van der Waals surface area contributed by atoms with E-state index in [2.05, 4.69) is 16.1 Å². The molecular formula is C18H25N5O4. The fraction of sp³-hybridized carbons (Fsp3) is 0.444. The summed E-state index contributed by atoms with van der Waals surface area (Å²) >= 11 is 0. The summed E-state index contributed by atoms with van der Waals surface area (Å²) in [6.45, 7) is 5.13. The van der Waals surface area contributed by atoms with Crippen molar-refractivity contribution >= 4 is 23.8 Å². The first-order valence-corrected chi connectivity index (χ1v) is 8.63. The van der Waals surface area contributed by atoms with Crippen molar-refractivity contribution in [1.29, 1.82) is 0 Å².